The first kappa shape index (κ1) is 17.3. The zero-order chi connectivity index (χ0) is 17.0. The van der Waals surface area contributed by atoms with Gasteiger partial charge in [-0.15, -0.1) is 0 Å². The number of amides is 1. The minimum atomic E-state index is -1.05. The average molecular weight is 319 g/mol. The van der Waals surface area contributed by atoms with Crippen molar-refractivity contribution >= 4 is 11.9 Å². The Kier molecular flexibility index (Phi) is 5.29. The summed E-state index contributed by atoms with van der Waals surface area (Å²) in [5.41, 5.74) is 0.0130. The second-order valence-corrected chi connectivity index (χ2v) is 6.55. The number of hydrogen-bond acceptors (Lipinski definition) is 3. The van der Waals surface area contributed by atoms with Gasteiger partial charge in [-0.3, -0.25) is 4.79 Å². The minimum absolute atomic E-state index is 0.0743. The number of aliphatic carboxylic acids is 1. The Balaban J connectivity index is 2.01. The van der Waals surface area contributed by atoms with Crippen molar-refractivity contribution in [3.05, 3.63) is 29.8 Å². The predicted molar refractivity (Wildman–Crippen MR) is 87.5 cm³/mol. The van der Waals surface area contributed by atoms with Gasteiger partial charge in [-0.25, -0.2) is 4.79 Å². The van der Waals surface area contributed by atoms with Gasteiger partial charge < -0.3 is 14.7 Å². The summed E-state index contributed by atoms with van der Waals surface area (Å²) < 4.78 is 5.34. The standard InChI is InChI=1S/C18H25NO4/c1-13(11-14-7-4-5-8-15(14)23-3)12-16(20)19-10-6-9-18(19,2)17(21)22/h4-5,7-8,13H,6,9-12H2,1-3H3,(H,21,22). The number of carboxylic acids is 1. The van der Waals surface area contributed by atoms with Crippen LogP contribution in [-0.4, -0.2) is 41.1 Å². The number of rotatable bonds is 6. The number of carbonyl (C=O) groups excluding carboxylic acids is 1. The number of ether oxygens (including phenoxy) is 1. The first-order chi connectivity index (χ1) is 10.9. The Morgan fingerprint density at radius 2 is 2.09 bits per heavy atom. The molecule has 1 aliphatic heterocycles. The molecule has 1 N–H and O–H groups in total. The molecule has 5 nitrogen and oxygen atoms in total. The molecule has 1 fully saturated rings. The normalized spacial score (nSPS) is 22.0. The van der Waals surface area contributed by atoms with Crippen LogP contribution in [-0.2, 0) is 16.0 Å². The summed E-state index contributed by atoms with van der Waals surface area (Å²) in [5.74, 6) is -0.0451. The number of likely N-dealkylation sites (tertiary alicyclic amines) is 1. The Labute approximate surface area is 137 Å². The van der Waals surface area contributed by atoms with E-state index in [1.165, 1.54) is 4.90 Å². The van der Waals surface area contributed by atoms with Crippen LogP contribution in [0.2, 0.25) is 0 Å². The van der Waals surface area contributed by atoms with E-state index in [4.69, 9.17) is 4.74 Å². The highest BCUT2D eigenvalue weighted by atomic mass is 16.5. The molecule has 2 atom stereocenters. The van der Waals surface area contributed by atoms with E-state index in [1.807, 2.05) is 31.2 Å². The SMILES string of the molecule is COc1ccccc1CC(C)CC(=O)N1CCCC1(C)C(=O)O. The number of nitrogens with zero attached hydrogens (tertiary/aromatic N) is 1. The Bertz CT molecular complexity index is 586. The minimum Gasteiger partial charge on any atom is -0.496 e. The maximum Gasteiger partial charge on any atom is 0.329 e. The van der Waals surface area contributed by atoms with Crippen LogP contribution in [0.15, 0.2) is 24.3 Å². The van der Waals surface area contributed by atoms with Crippen molar-refractivity contribution in [3.63, 3.8) is 0 Å². The van der Waals surface area contributed by atoms with Crippen molar-refractivity contribution in [1.29, 1.82) is 0 Å². The smallest absolute Gasteiger partial charge is 0.329 e. The highest BCUT2D eigenvalue weighted by Crippen LogP contribution is 2.31. The predicted octanol–water partition coefficient (Wildman–Crippen LogP) is 2.73. The summed E-state index contributed by atoms with van der Waals surface area (Å²) in [6.07, 6.45) is 2.35. The molecule has 2 rings (SSSR count). The third-order valence-corrected chi connectivity index (χ3v) is 4.69. The van der Waals surface area contributed by atoms with Crippen molar-refractivity contribution in [2.24, 2.45) is 5.92 Å². The van der Waals surface area contributed by atoms with Gasteiger partial charge in [-0.1, -0.05) is 25.1 Å². The molecule has 5 heteroatoms. The lowest BCUT2D eigenvalue weighted by Crippen LogP contribution is -2.51. The molecule has 1 amide bonds. The van der Waals surface area contributed by atoms with Gasteiger partial charge in [0.05, 0.1) is 7.11 Å². The summed E-state index contributed by atoms with van der Waals surface area (Å²) in [6, 6.07) is 7.78. The highest BCUT2D eigenvalue weighted by molar-refractivity contribution is 5.87. The lowest BCUT2D eigenvalue weighted by atomic mass is 9.95. The molecular formula is C18H25NO4. The van der Waals surface area contributed by atoms with Crippen LogP contribution in [0.3, 0.4) is 0 Å². The molecular weight excluding hydrogens is 294 g/mol. The van der Waals surface area contributed by atoms with Crippen LogP contribution in [0.5, 0.6) is 5.75 Å². The van der Waals surface area contributed by atoms with Gasteiger partial charge in [0.25, 0.3) is 0 Å². The summed E-state index contributed by atoms with van der Waals surface area (Å²) in [6.45, 7) is 4.19. The molecule has 0 spiro atoms. The number of carbonyl (C=O) groups is 2. The molecule has 0 radical (unpaired) electrons. The lowest BCUT2D eigenvalue weighted by molar-refractivity contribution is -0.155. The van der Waals surface area contributed by atoms with Gasteiger partial charge in [0, 0.05) is 13.0 Å². The van der Waals surface area contributed by atoms with Gasteiger partial charge in [-0.2, -0.15) is 0 Å². The largest absolute Gasteiger partial charge is 0.496 e. The zero-order valence-electron chi connectivity index (χ0n) is 14.0. The molecule has 2 unspecified atom stereocenters. The van der Waals surface area contributed by atoms with Gasteiger partial charge in [0.2, 0.25) is 5.91 Å². The molecule has 1 aromatic carbocycles. The average Bonchev–Trinajstić information content (AvgIpc) is 2.91. The number of benzene rings is 1. The van der Waals surface area contributed by atoms with Crippen LogP contribution in [0, 0.1) is 5.92 Å². The zero-order valence-corrected chi connectivity index (χ0v) is 14.0. The van der Waals surface area contributed by atoms with E-state index in [0.717, 1.165) is 24.2 Å². The van der Waals surface area contributed by atoms with Crippen LogP contribution in [0.4, 0.5) is 0 Å². The van der Waals surface area contributed by atoms with Crippen molar-refractivity contribution in [2.45, 2.75) is 45.1 Å². The highest BCUT2D eigenvalue weighted by Gasteiger charge is 2.45. The lowest BCUT2D eigenvalue weighted by Gasteiger charge is -2.32. The second kappa shape index (κ2) is 7.02. The van der Waals surface area contributed by atoms with E-state index in [9.17, 15) is 14.7 Å². The molecule has 0 saturated carbocycles. The summed E-state index contributed by atoms with van der Waals surface area (Å²) in [5, 5.41) is 9.42. The van der Waals surface area contributed by atoms with Crippen LogP contribution >= 0.6 is 0 Å². The third kappa shape index (κ3) is 3.66. The van der Waals surface area contributed by atoms with Gasteiger partial charge in [0.15, 0.2) is 0 Å². The number of para-hydroxylation sites is 1. The van der Waals surface area contributed by atoms with Crippen LogP contribution in [0.25, 0.3) is 0 Å². The third-order valence-electron chi connectivity index (χ3n) is 4.69. The van der Waals surface area contributed by atoms with E-state index < -0.39 is 11.5 Å². The Morgan fingerprint density at radius 1 is 1.39 bits per heavy atom. The van der Waals surface area contributed by atoms with E-state index >= 15 is 0 Å². The van der Waals surface area contributed by atoms with E-state index in [1.54, 1.807) is 14.0 Å². The number of methoxy groups -OCH3 is 1. The number of carboxylic acid groups (broad SMARTS) is 1. The maximum absolute atomic E-state index is 12.6. The van der Waals surface area contributed by atoms with E-state index in [0.29, 0.717) is 19.4 Å². The van der Waals surface area contributed by atoms with Gasteiger partial charge >= 0.3 is 5.97 Å². The van der Waals surface area contributed by atoms with Crippen LogP contribution < -0.4 is 4.74 Å². The van der Waals surface area contributed by atoms with E-state index in [2.05, 4.69) is 0 Å². The Morgan fingerprint density at radius 3 is 2.74 bits per heavy atom. The van der Waals surface area contributed by atoms with Crippen molar-refractivity contribution in [3.8, 4) is 5.75 Å². The summed E-state index contributed by atoms with van der Waals surface area (Å²) in [7, 11) is 1.64. The van der Waals surface area contributed by atoms with Crippen molar-refractivity contribution < 1.29 is 19.4 Å². The van der Waals surface area contributed by atoms with Crippen LogP contribution in [0.1, 0.15) is 38.7 Å². The molecule has 126 valence electrons. The summed E-state index contributed by atoms with van der Waals surface area (Å²) >= 11 is 0. The molecule has 1 heterocycles. The molecule has 0 bridgehead atoms. The molecule has 23 heavy (non-hydrogen) atoms. The second-order valence-electron chi connectivity index (χ2n) is 6.55. The number of hydrogen-bond donors (Lipinski definition) is 1. The maximum atomic E-state index is 12.6. The fourth-order valence-electron chi connectivity index (χ4n) is 3.31. The first-order valence-electron chi connectivity index (χ1n) is 8.04. The monoisotopic (exact) mass is 319 g/mol. The van der Waals surface area contributed by atoms with Crippen molar-refractivity contribution in [1.82, 2.24) is 4.90 Å². The topological polar surface area (TPSA) is 66.8 Å². The molecule has 1 aromatic rings. The van der Waals surface area contributed by atoms with E-state index in [-0.39, 0.29) is 11.8 Å². The fourth-order valence-corrected chi connectivity index (χ4v) is 3.31. The molecule has 1 saturated heterocycles. The molecule has 0 aromatic heterocycles. The quantitative estimate of drug-likeness (QED) is 0.875. The molecule has 0 aliphatic carbocycles. The van der Waals surface area contributed by atoms with Gasteiger partial charge in [-0.05, 0) is 43.7 Å². The molecule has 1 aliphatic rings. The Hall–Kier alpha value is -2.04. The fraction of sp³-hybridized carbons (Fsp3) is 0.556. The van der Waals surface area contributed by atoms with Gasteiger partial charge in [0.1, 0.15) is 11.3 Å². The summed E-state index contributed by atoms with van der Waals surface area (Å²) in [4.78, 5) is 25.6. The first-order valence-corrected chi connectivity index (χ1v) is 8.04. The van der Waals surface area contributed by atoms with Crippen molar-refractivity contribution in [2.75, 3.05) is 13.7 Å².